The molecule has 27 heavy (non-hydrogen) atoms. The van der Waals surface area contributed by atoms with Crippen LogP contribution in [0.2, 0.25) is 0 Å². The van der Waals surface area contributed by atoms with E-state index in [1.165, 1.54) is 6.07 Å². The third kappa shape index (κ3) is 4.44. The molecule has 0 bridgehead atoms. The van der Waals surface area contributed by atoms with E-state index in [0.29, 0.717) is 23.6 Å². The van der Waals surface area contributed by atoms with Gasteiger partial charge in [0.2, 0.25) is 5.43 Å². The summed E-state index contributed by atoms with van der Waals surface area (Å²) >= 11 is 0. The number of ether oxygens (including phenoxy) is 2. The van der Waals surface area contributed by atoms with Gasteiger partial charge in [0.25, 0.3) is 0 Å². The van der Waals surface area contributed by atoms with Crippen LogP contribution in [0, 0.1) is 6.92 Å². The number of Topliss-reactive ketones (excluding diaryl/α,β-unsaturated/α-hetero) is 1. The maximum Gasteiger partial charge on any atom is 0.223 e. The lowest BCUT2D eigenvalue weighted by molar-refractivity contribution is 0.0970. The van der Waals surface area contributed by atoms with Crippen LogP contribution in [0.5, 0.6) is 11.5 Å². The summed E-state index contributed by atoms with van der Waals surface area (Å²) in [7, 11) is 1.58. The van der Waals surface area contributed by atoms with Crippen LogP contribution in [0.3, 0.4) is 0 Å². The van der Waals surface area contributed by atoms with Crippen molar-refractivity contribution in [3.8, 4) is 11.5 Å². The van der Waals surface area contributed by atoms with Crippen molar-refractivity contribution in [2.24, 2.45) is 0 Å². The second-order valence-corrected chi connectivity index (χ2v) is 6.15. The minimum atomic E-state index is -0.198. The zero-order valence-corrected chi connectivity index (χ0v) is 15.3. The molecule has 1 aromatic heterocycles. The average molecular weight is 363 g/mol. The Labute approximate surface area is 157 Å². The molecule has 1 heterocycles. The van der Waals surface area contributed by atoms with Gasteiger partial charge in [0.1, 0.15) is 12.4 Å². The van der Waals surface area contributed by atoms with Gasteiger partial charge in [0.05, 0.1) is 19.3 Å². The normalized spacial score (nSPS) is 10.4. The SMILES string of the molecule is COc1ccc(C(=O)Cn2ccc(=O)c(OCc3ccccc3)c2C)cc1. The van der Waals surface area contributed by atoms with Gasteiger partial charge >= 0.3 is 0 Å². The molecule has 0 aliphatic rings. The first-order valence-electron chi connectivity index (χ1n) is 8.62. The van der Waals surface area contributed by atoms with Gasteiger partial charge in [-0.25, -0.2) is 0 Å². The highest BCUT2D eigenvalue weighted by Gasteiger charge is 2.13. The predicted octanol–water partition coefficient (Wildman–Crippen LogP) is 3.63. The number of hydrogen-bond acceptors (Lipinski definition) is 4. The van der Waals surface area contributed by atoms with Crippen molar-refractivity contribution in [2.45, 2.75) is 20.1 Å². The highest BCUT2D eigenvalue weighted by Crippen LogP contribution is 2.16. The topological polar surface area (TPSA) is 57.5 Å². The van der Waals surface area contributed by atoms with E-state index < -0.39 is 0 Å². The summed E-state index contributed by atoms with van der Waals surface area (Å²) in [5.74, 6) is 0.907. The monoisotopic (exact) mass is 363 g/mol. The molecule has 0 aliphatic carbocycles. The molecule has 0 spiro atoms. The van der Waals surface area contributed by atoms with Crippen molar-refractivity contribution in [3.05, 3.63) is 93.9 Å². The smallest absolute Gasteiger partial charge is 0.223 e. The Morgan fingerprint density at radius 1 is 1.00 bits per heavy atom. The van der Waals surface area contributed by atoms with E-state index in [9.17, 15) is 9.59 Å². The molecule has 0 radical (unpaired) electrons. The van der Waals surface area contributed by atoms with Crippen molar-refractivity contribution in [2.75, 3.05) is 7.11 Å². The van der Waals surface area contributed by atoms with Crippen LogP contribution < -0.4 is 14.9 Å². The number of ketones is 1. The van der Waals surface area contributed by atoms with Crippen molar-refractivity contribution in [1.82, 2.24) is 4.57 Å². The number of nitrogens with zero attached hydrogens (tertiary/aromatic N) is 1. The van der Waals surface area contributed by atoms with E-state index in [1.807, 2.05) is 30.3 Å². The molecule has 3 rings (SSSR count). The first-order valence-corrected chi connectivity index (χ1v) is 8.62. The van der Waals surface area contributed by atoms with Crippen LogP contribution >= 0.6 is 0 Å². The average Bonchev–Trinajstić information content (AvgIpc) is 2.71. The van der Waals surface area contributed by atoms with Gasteiger partial charge in [-0.1, -0.05) is 30.3 Å². The number of carbonyl (C=O) groups is 1. The Morgan fingerprint density at radius 3 is 2.37 bits per heavy atom. The second kappa shape index (κ2) is 8.36. The van der Waals surface area contributed by atoms with E-state index in [1.54, 1.807) is 49.1 Å². The number of carbonyl (C=O) groups excluding carboxylic acids is 1. The number of aromatic nitrogens is 1. The maximum absolute atomic E-state index is 12.6. The van der Waals surface area contributed by atoms with Gasteiger partial charge in [-0.05, 0) is 36.8 Å². The highest BCUT2D eigenvalue weighted by molar-refractivity contribution is 5.96. The molecule has 0 saturated carbocycles. The molecule has 0 aliphatic heterocycles. The lowest BCUT2D eigenvalue weighted by Crippen LogP contribution is -2.18. The lowest BCUT2D eigenvalue weighted by Gasteiger charge is -2.14. The van der Waals surface area contributed by atoms with Crippen LogP contribution in [-0.4, -0.2) is 17.5 Å². The Kier molecular flexibility index (Phi) is 5.71. The fraction of sp³-hybridized carbons (Fsp3) is 0.182. The van der Waals surface area contributed by atoms with Gasteiger partial charge in [-0.2, -0.15) is 0 Å². The molecule has 3 aromatic rings. The molecule has 2 aromatic carbocycles. The Morgan fingerprint density at radius 2 is 1.70 bits per heavy atom. The number of pyridine rings is 1. The van der Waals surface area contributed by atoms with Crippen LogP contribution in [0.4, 0.5) is 0 Å². The quantitative estimate of drug-likeness (QED) is 0.602. The Hall–Kier alpha value is -3.34. The van der Waals surface area contributed by atoms with E-state index in [-0.39, 0.29) is 23.5 Å². The van der Waals surface area contributed by atoms with E-state index in [4.69, 9.17) is 9.47 Å². The summed E-state index contributed by atoms with van der Waals surface area (Å²) < 4.78 is 12.6. The van der Waals surface area contributed by atoms with Crippen molar-refractivity contribution < 1.29 is 14.3 Å². The van der Waals surface area contributed by atoms with E-state index >= 15 is 0 Å². The molecule has 5 nitrogen and oxygen atoms in total. The third-order valence-electron chi connectivity index (χ3n) is 4.34. The first kappa shape index (κ1) is 18.5. The number of benzene rings is 2. The van der Waals surface area contributed by atoms with Crippen molar-refractivity contribution >= 4 is 5.78 Å². The van der Waals surface area contributed by atoms with E-state index in [0.717, 1.165) is 5.56 Å². The van der Waals surface area contributed by atoms with Crippen LogP contribution in [0.1, 0.15) is 21.6 Å². The minimum Gasteiger partial charge on any atom is -0.497 e. The van der Waals surface area contributed by atoms with Gasteiger partial charge in [-0.15, -0.1) is 0 Å². The third-order valence-corrected chi connectivity index (χ3v) is 4.34. The molecule has 5 heteroatoms. The number of rotatable bonds is 7. The zero-order valence-electron chi connectivity index (χ0n) is 15.3. The number of methoxy groups -OCH3 is 1. The Bertz CT molecular complexity index is 975. The lowest BCUT2D eigenvalue weighted by atomic mass is 10.1. The fourth-order valence-corrected chi connectivity index (χ4v) is 2.75. The molecule has 0 fully saturated rings. The molecule has 0 atom stereocenters. The minimum absolute atomic E-state index is 0.0570. The fourth-order valence-electron chi connectivity index (χ4n) is 2.75. The summed E-state index contributed by atoms with van der Waals surface area (Å²) in [6, 6.07) is 18.0. The first-order chi connectivity index (χ1) is 13.1. The molecule has 0 amide bonds. The second-order valence-electron chi connectivity index (χ2n) is 6.15. The van der Waals surface area contributed by atoms with Crippen molar-refractivity contribution in [1.29, 1.82) is 0 Å². The Balaban J connectivity index is 1.77. The summed E-state index contributed by atoms with van der Waals surface area (Å²) in [5, 5.41) is 0. The standard InChI is InChI=1S/C22H21NO4/c1-16-22(27-15-17-6-4-3-5-7-17)20(24)12-13-23(16)14-21(25)18-8-10-19(26-2)11-9-18/h3-13H,14-15H2,1-2H3. The van der Waals surface area contributed by atoms with Gasteiger partial charge in [0, 0.05) is 17.8 Å². The summed E-state index contributed by atoms with van der Waals surface area (Å²) in [4.78, 5) is 24.8. The molecular weight excluding hydrogens is 342 g/mol. The summed E-state index contributed by atoms with van der Waals surface area (Å²) in [6.07, 6.45) is 1.62. The molecule has 0 N–H and O–H groups in total. The van der Waals surface area contributed by atoms with Gasteiger partial charge in [0.15, 0.2) is 11.5 Å². The predicted molar refractivity (Wildman–Crippen MR) is 104 cm³/mol. The summed E-state index contributed by atoms with van der Waals surface area (Å²) in [5.41, 5.74) is 1.98. The largest absolute Gasteiger partial charge is 0.497 e. The molecule has 0 saturated heterocycles. The maximum atomic E-state index is 12.6. The highest BCUT2D eigenvalue weighted by atomic mass is 16.5. The van der Waals surface area contributed by atoms with E-state index in [2.05, 4.69) is 0 Å². The molecule has 0 unspecified atom stereocenters. The molecule has 138 valence electrons. The van der Waals surface area contributed by atoms with Crippen LogP contribution in [-0.2, 0) is 13.2 Å². The van der Waals surface area contributed by atoms with Crippen LogP contribution in [0.25, 0.3) is 0 Å². The van der Waals surface area contributed by atoms with Crippen LogP contribution in [0.15, 0.2) is 71.7 Å². The van der Waals surface area contributed by atoms with Gasteiger partial charge < -0.3 is 14.0 Å². The van der Waals surface area contributed by atoms with Gasteiger partial charge in [-0.3, -0.25) is 9.59 Å². The molecular formula is C22H21NO4. The van der Waals surface area contributed by atoms with Crippen molar-refractivity contribution in [3.63, 3.8) is 0 Å². The summed E-state index contributed by atoms with van der Waals surface area (Å²) in [6.45, 7) is 2.20. The number of hydrogen-bond donors (Lipinski definition) is 0. The zero-order chi connectivity index (χ0) is 19.2.